The molecule has 0 bridgehead atoms. The number of aryl methyl sites for hydroxylation is 1. The summed E-state index contributed by atoms with van der Waals surface area (Å²) in [4.78, 5) is 12.6. The van der Waals surface area contributed by atoms with Crippen LogP contribution in [-0.2, 0) is 11.4 Å². The zero-order valence-electron chi connectivity index (χ0n) is 16.2. The van der Waals surface area contributed by atoms with E-state index in [1.807, 2.05) is 55.5 Å². The minimum Gasteiger partial charge on any atom is -0.489 e. The van der Waals surface area contributed by atoms with Gasteiger partial charge in [0, 0.05) is 15.2 Å². The summed E-state index contributed by atoms with van der Waals surface area (Å²) in [6, 6.07) is 22.3. The molecule has 3 aromatic carbocycles. The second kappa shape index (κ2) is 10.1. The second-order valence-corrected chi connectivity index (χ2v) is 7.92. The number of carbonyl (C=O) groups excluding carboxylic acids is 1. The van der Waals surface area contributed by atoms with Gasteiger partial charge in [0.1, 0.15) is 24.0 Å². The molecule has 150 valence electrons. The SMILES string of the molecule is Cc1ccc(Cl)cc1NC(=O)/C(C#N)=C/c1cccc(OCc2ccc(Br)cc2)c1. The van der Waals surface area contributed by atoms with Gasteiger partial charge in [-0.3, -0.25) is 4.79 Å². The molecule has 0 radical (unpaired) electrons. The lowest BCUT2D eigenvalue weighted by Gasteiger charge is -2.09. The Morgan fingerprint density at radius 3 is 2.67 bits per heavy atom. The molecular formula is C24H18BrClN2O2. The molecule has 6 heteroatoms. The Morgan fingerprint density at radius 1 is 1.17 bits per heavy atom. The first-order valence-corrected chi connectivity index (χ1v) is 10.3. The topological polar surface area (TPSA) is 62.1 Å². The Bertz CT molecular complexity index is 1130. The van der Waals surface area contributed by atoms with Gasteiger partial charge in [-0.1, -0.05) is 57.9 Å². The van der Waals surface area contributed by atoms with E-state index in [1.165, 1.54) is 6.08 Å². The molecule has 3 rings (SSSR count). The lowest BCUT2D eigenvalue weighted by Crippen LogP contribution is -2.14. The van der Waals surface area contributed by atoms with E-state index < -0.39 is 5.91 Å². The van der Waals surface area contributed by atoms with Crippen molar-refractivity contribution in [1.29, 1.82) is 5.26 Å². The highest BCUT2D eigenvalue weighted by Gasteiger charge is 2.11. The van der Waals surface area contributed by atoms with E-state index in [9.17, 15) is 10.1 Å². The first kappa shape index (κ1) is 21.6. The summed E-state index contributed by atoms with van der Waals surface area (Å²) in [6.07, 6.45) is 1.53. The van der Waals surface area contributed by atoms with Crippen LogP contribution in [0.5, 0.6) is 5.75 Å². The van der Waals surface area contributed by atoms with Gasteiger partial charge in [-0.05, 0) is 66.1 Å². The number of ether oxygens (including phenoxy) is 1. The Labute approximate surface area is 188 Å². The Kier molecular flexibility index (Phi) is 7.29. The van der Waals surface area contributed by atoms with Crippen molar-refractivity contribution in [2.45, 2.75) is 13.5 Å². The highest BCUT2D eigenvalue weighted by atomic mass is 79.9. The smallest absolute Gasteiger partial charge is 0.266 e. The number of hydrogen-bond acceptors (Lipinski definition) is 3. The van der Waals surface area contributed by atoms with Crippen LogP contribution in [0.15, 0.2) is 76.8 Å². The summed E-state index contributed by atoms with van der Waals surface area (Å²) in [5.74, 6) is 0.152. The summed E-state index contributed by atoms with van der Waals surface area (Å²) >= 11 is 9.40. The number of nitrogens with zero attached hydrogens (tertiary/aromatic N) is 1. The highest BCUT2D eigenvalue weighted by molar-refractivity contribution is 9.10. The molecular weight excluding hydrogens is 464 g/mol. The Balaban J connectivity index is 1.73. The van der Waals surface area contributed by atoms with E-state index >= 15 is 0 Å². The average molecular weight is 482 g/mol. The molecule has 0 heterocycles. The number of anilines is 1. The van der Waals surface area contributed by atoms with Gasteiger partial charge in [0.2, 0.25) is 0 Å². The molecule has 30 heavy (non-hydrogen) atoms. The fourth-order valence-corrected chi connectivity index (χ4v) is 3.11. The van der Waals surface area contributed by atoms with E-state index in [0.29, 0.717) is 28.6 Å². The van der Waals surface area contributed by atoms with Gasteiger partial charge in [0.25, 0.3) is 5.91 Å². The van der Waals surface area contributed by atoms with Crippen LogP contribution < -0.4 is 10.1 Å². The van der Waals surface area contributed by atoms with Crippen molar-refractivity contribution in [3.63, 3.8) is 0 Å². The molecule has 0 saturated heterocycles. The maximum Gasteiger partial charge on any atom is 0.266 e. The van der Waals surface area contributed by atoms with Gasteiger partial charge in [0.05, 0.1) is 0 Å². The standard InChI is InChI=1S/C24H18BrClN2O2/c1-16-5-10-21(26)13-23(16)28-24(29)19(14-27)11-18-3-2-4-22(12-18)30-15-17-6-8-20(25)9-7-17/h2-13H,15H2,1H3,(H,28,29)/b19-11+. The van der Waals surface area contributed by atoms with Crippen molar-refractivity contribution in [2.75, 3.05) is 5.32 Å². The van der Waals surface area contributed by atoms with Gasteiger partial charge in [-0.2, -0.15) is 5.26 Å². The number of nitrogens with one attached hydrogen (secondary N) is 1. The highest BCUT2D eigenvalue weighted by Crippen LogP contribution is 2.22. The van der Waals surface area contributed by atoms with Gasteiger partial charge in [-0.15, -0.1) is 0 Å². The molecule has 1 N–H and O–H groups in total. The predicted octanol–water partition coefficient (Wildman–Crippen LogP) is 6.54. The van der Waals surface area contributed by atoms with Gasteiger partial charge in [0.15, 0.2) is 0 Å². The number of carbonyl (C=O) groups is 1. The monoisotopic (exact) mass is 480 g/mol. The molecule has 4 nitrogen and oxygen atoms in total. The molecule has 0 aliphatic rings. The number of rotatable bonds is 6. The number of hydrogen-bond donors (Lipinski definition) is 1. The van der Waals surface area contributed by atoms with E-state index in [4.69, 9.17) is 16.3 Å². The van der Waals surface area contributed by atoms with E-state index in [1.54, 1.807) is 24.3 Å². The minimum absolute atomic E-state index is 0.0144. The Morgan fingerprint density at radius 2 is 1.93 bits per heavy atom. The molecule has 0 fully saturated rings. The maximum absolute atomic E-state index is 12.6. The lowest BCUT2D eigenvalue weighted by atomic mass is 10.1. The summed E-state index contributed by atoms with van der Waals surface area (Å²) in [7, 11) is 0. The summed E-state index contributed by atoms with van der Waals surface area (Å²) in [5, 5.41) is 12.7. The summed E-state index contributed by atoms with van der Waals surface area (Å²) in [5.41, 5.74) is 3.14. The molecule has 0 aromatic heterocycles. The van der Waals surface area contributed by atoms with E-state index in [0.717, 1.165) is 15.6 Å². The molecule has 0 atom stereocenters. The molecule has 0 spiro atoms. The molecule has 0 unspecified atom stereocenters. The lowest BCUT2D eigenvalue weighted by molar-refractivity contribution is -0.112. The quantitative estimate of drug-likeness (QED) is 0.321. The summed E-state index contributed by atoms with van der Waals surface area (Å²) in [6.45, 7) is 2.27. The van der Waals surface area contributed by atoms with Crippen molar-refractivity contribution in [2.24, 2.45) is 0 Å². The van der Waals surface area contributed by atoms with Crippen LogP contribution in [0.4, 0.5) is 5.69 Å². The number of halogens is 2. The van der Waals surface area contributed by atoms with E-state index in [-0.39, 0.29) is 5.57 Å². The van der Waals surface area contributed by atoms with Crippen LogP contribution >= 0.6 is 27.5 Å². The molecule has 1 amide bonds. The first-order valence-electron chi connectivity index (χ1n) is 9.11. The number of amides is 1. The summed E-state index contributed by atoms with van der Waals surface area (Å²) < 4.78 is 6.84. The van der Waals surface area contributed by atoms with Crippen LogP contribution in [0.2, 0.25) is 5.02 Å². The molecule has 3 aromatic rings. The average Bonchev–Trinajstić information content (AvgIpc) is 2.74. The Hall–Kier alpha value is -3.07. The van der Waals surface area contributed by atoms with Crippen molar-refractivity contribution in [1.82, 2.24) is 0 Å². The first-order chi connectivity index (χ1) is 14.4. The second-order valence-electron chi connectivity index (χ2n) is 6.57. The maximum atomic E-state index is 12.6. The fourth-order valence-electron chi connectivity index (χ4n) is 2.68. The van der Waals surface area contributed by atoms with Crippen LogP contribution in [-0.4, -0.2) is 5.91 Å². The zero-order chi connectivity index (χ0) is 21.5. The minimum atomic E-state index is -0.496. The van der Waals surface area contributed by atoms with Crippen molar-refractivity contribution in [3.8, 4) is 11.8 Å². The van der Waals surface area contributed by atoms with Gasteiger partial charge >= 0.3 is 0 Å². The van der Waals surface area contributed by atoms with Crippen LogP contribution in [0.25, 0.3) is 6.08 Å². The molecule has 0 saturated carbocycles. The van der Waals surface area contributed by atoms with Crippen molar-refractivity contribution >= 4 is 45.2 Å². The molecule has 0 aliphatic heterocycles. The van der Waals surface area contributed by atoms with Crippen LogP contribution in [0.3, 0.4) is 0 Å². The number of nitriles is 1. The zero-order valence-corrected chi connectivity index (χ0v) is 18.5. The third-order valence-corrected chi connectivity index (χ3v) is 5.06. The van der Waals surface area contributed by atoms with Crippen molar-refractivity contribution in [3.05, 3.63) is 98.5 Å². The number of benzene rings is 3. The predicted molar refractivity (Wildman–Crippen MR) is 123 cm³/mol. The van der Waals surface area contributed by atoms with Gasteiger partial charge < -0.3 is 10.1 Å². The largest absolute Gasteiger partial charge is 0.489 e. The van der Waals surface area contributed by atoms with Crippen LogP contribution in [0, 0.1) is 18.3 Å². The fraction of sp³-hybridized carbons (Fsp3) is 0.0833. The van der Waals surface area contributed by atoms with E-state index in [2.05, 4.69) is 21.2 Å². The molecule has 0 aliphatic carbocycles. The third kappa shape index (κ3) is 5.96. The third-order valence-electron chi connectivity index (χ3n) is 4.30. The normalized spacial score (nSPS) is 10.9. The van der Waals surface area contributed by atoms with Gasteiger partial charge in [-0.25, -0.2) is 0 Å². The van der Waals surface area contributed by atoms with Crippen LogP contribution in [0.1, 0.15) is 16.7 Å². The van der Waals surface area contributed by atoms with Crippen molar-refractivity contribution < 1.29 is 9.53 Å².